The molecule has 1 saturated heterocycles. The fourth-order valence-corrected chi connectivity index (χ4v) is 2.08. The Bertz CT molecular complexity index is 463. The molecule has 1 heterocycles. The number of rotatable bonds is 5. The lowest BCUT2D eigenvalue weighted by atomic mass is 10.1. The summed E-state index contributed by atoms with van der Waals surface area (Å²) in [6.07, 6.45) is 0. The maximum absolute atomic E-state index is 12.0. The van der Waals surface area contributed by atoms with E-state index in [1.54, 1.807) is 25.3 Å². The number of ether oxygens (including phenoxy) is 1. The van der Waals surface area contributed by atoms with Crippen LogP contribution in [0.3, 0.4) is 0 Å². The third-order valence-electron chi connectivity index (χ3n) is 3.21. The number of methoxy groups -OCH3 is 1. The average molecular weight is 284 g/mol. The number of hydrogen-bond donors (Lipinski definition) is 2. The minimum atomic E-state index is -0.0741. The predicted molar refractivity (Wildman–Crippen MR) is 75.9 cm³/mol. The van der Waals surface area contributed by atoms with E-state index < -0.39 is 0 Å². The van der Waals surface area contributed by atoms with Gasteiger partial charge in [-0.15, -0.1) is 0 Å². The van der Waals surface area contributed by atoms with Crippen LogP contribution in [0.5, 0.6) is 5.75 Å². The van der Waals surface area contributed by atoms with E-state index in [-0.39, 0.29) is 5.91 Å². The Kier molecular flexibility index (Phi) is 4.63. The summed E-state index contributed by atoms with van der Waals surface area (Å²) < 4.78 is 5.19. The van der Waals surface area contributed by atoms with Crippen LogP contribution in [-0.4, -0.2) is 50.6 Å². The van der Waals surface area contributed by atoms with Crippen molar-refractivity contribution in [2.75, 3.05) is 39.1 Å². The van der Waals surface area contributed by atoms with Gasteiger partial charge in [0.05, 0.1) is 19.3 Å². The highest BCUT2D eigenvalue weighted by Gasteiger charge is 2.23. The zero-order chi connectivity index (χ0) is 13.8. The number of benzene rings is 1. The second-order valence-corrected chi connectivity index (χ2v) is 5.06. The summed E-state index contributed by atoms with van der Waals surface area (Å²) in [7, 11) is 3.51. The maximum atomic E-state index is 12.0. The molecule has 2 N–H and O–H groups in total. The van der Waals surface area contributed by atoms with Crippen LogP contribution in [0.25, 0.3) is 0 Å². The van der Waals surface area contributed by atoms with E-state index in [0.29, 0.717) is 29.0 Å². The van der Waals surface area contributed by atoms with Crippen molar-refractivity contribution in [3.8, 4) is 5.75 Å². The Labute approximate surface area is 117 Å². The molecule has 0 aromatic heterocycles. The van der Waals surface area contributed by atoms with Crippen molar-refractivity contribution in [2.45, 2.75) is 6.04 Å². The molecular weight excluding hydrogens is 266 g/mol. The van der Waals surface area contributed by atoms with E-state index in [1.807, 2.05) is 11.9 Å². The third-order valence-corrected chi connectivity index (χ3v) is 3.45. The monoisotopic (exact) mass is 283 g/mol. The molecule has 0 aliphatic carbocycles. The first-order valence-electron chi connectivity index (χ1n) is 6.14. The zero-order valence-corrected chi connectivity index (χ0v) is 11.8. The Morgan fingerprint density at radius 1 is 1.58 bits per heavy atom. The molecule has 5 nitrogen and oxygen atoms in total. The van der Waals surface area contributed by atoms with Gasteiger partial charge in [-0.1, -0.05) is 11.6 Å². The SMILES string of the molecule is COc1ccc(Cl)cc1NC(=O)CN(C)C1CNC1. The van der Waals surface area contributed by atoms with E-state index >= 15 is 0 Å². The molecule has 2 rings (SSSR count). The predicted octanol–water partition coefficient (Wildman–Crippen LogP) is 1.19. The molecule has 1 aliphatic heterocycles. The highest BCUT2D eigenvalue weighted by molar-refractivity contribution is 6.31. The first-order valence-corrected chi connectivity index (χ1v) is 6.52. The van der Waals surface area contributed by atoms with Gasteiger partial charge in [0.2, 0.25) is 5.91 Å². The number of likely N-dealkylation sites (N-methyl/N-ethyl adjacent to an activating group) is 1. The van der Waals surface area contributed by atoms with Crippen LogP contribution < -0.4 is 15.4 Å². The van der Waals surface area contributed by atoms with Crippen molar-refractivity contribution in [1.82, 2.24) is 10.2 Å². The van der Waals surface area contributed by atoms with E-state index in [2.05, 4.69) is 10.6 Å². The molecule has 0 saturated carbocycles. The van der Waals surface area contributed by atoms with Crippen LogP contribution in [0.4, 0.5) is 5.69 Å². The molecule has 1 fully saturated rings. The van der Waals surface area contributed by atoms with Gasteiger partial charge in [-0.2, -0.15) is 0 Å². The lowest BCUT2D eigenvalue weighted by Crippen LogP contribution is -2.57. The lowest BCUT2D eigenvalue weighted by Gasteiger charge is -2.35. The van der Waals surface area contributed by atoms with Gasteiger partial charge in [-0.25, -0.2) is 0 Å². The van der Waals surface area contributed by atoms with Gasteiger partial charge in [0.1, 0.15) is 5.75 Å². The molecule has 1 aliphatic rings. The number of hydrogen-bond acceptors (Lipinski definition) is 4. The van der Waals surface area contributed by atoms with Gasteiger partial charge in [-0.3, -0.25) is 9.69 Å². The largest absolute Gasteiger partial charge is 0.495 e. The zero-order valence-electron chi connectivity index (χ0n) is 11.1. The summed E-state index contributed by atoms with van der Waals surface area (Å²) in [6, 6.07) is 5.58. The Morgan fingerprint density at radius 3 is 2.89 bits per heavy atom. The molecule has 19 heavy (non-hydrogen) atoms. The Balaban J connectivity index is 1.95. The second-order valence-electron chi connectivity index (χ2n) is 4.62. The van der Waals surface area contributed by atoms with Gasteiger partial charge >= 0.3 is 0 Å². The third kappa shape index (κ3) is 3.59. The quantitative estimate of drug-likeness (QED) is 0.852. The van der Waals surface area contributed by atoms with Crippen LogP contribution in [0.15, 0.2) is 18.2 Å². The molecule has 1 amide bonds. The number of nitrogens with zero attached hydrogens (tertiary/aromatic N) is 1. The minimum Gasteiger partial charge on any atom is -0.495 e. The van der Waals surface area contributed by atoms with Gasteiger partial charge < -0.3 is 15.4 Å². The molecular formula is C13H18ClN3O2. The van der Waals surface area contributed by atoms with Crippen molar-refractivity contribution in [1.29, 1.82) is 0 Å². The van der Waals surface area contributed by atoms with Crippen LogP contribution >= 0.6 is 11.6 Å². The number of nitrogens with one attached hydrogen (secondary N) is 2. The molecule has 1 aromatic carbocycles. The van der Waals surface area contributed by atoms with Gasteiger partial charge in [-0.05, 0) is 25.2 Å². The number of anilines is 1. The summed E-state index contributed by atoms with van der Waals surface area (Å²) in [4.78, 5) is 14.0. The summed E-state index contributed by atoms with van der Waals surface area (Å²) in [5, 5.41) is 6.57. The summed E-state index contributed by atoms with van der Waals surface area (Å²) in [5.74, 6) is 0.528. The molecule has 104 valence electrons. The van der Waals surface area contributed by atoms with Crippen LogP contribution in [0.1, 0.15) is 0 Å². The first kappa shape index (κ1) is 14.1. The molecule has 0 atom stereocenters. The molecule has 0 spiro atoms. The van der Waals surface area contributed by atoms with Crippen LogP contribution in [0, 0.1) is 0 Å². The van der Waals surface area contributed by atoms with E-state index in [0.717, 1.165) is 13.1 Å². The fraction of sp³-hybridized carbons (Fsp3) is 0.462. The lowest BCUT2D eigenvalue weighted by molar-refractivity contribution is -0.117. The number of halogens is 1. The van der Waals surface area contributed by atoms with Crippen LogP contribution in [-0.2, 0) is 4.79 Å². The number of carbonyl (C=O) groups excluding carboxylic acids is 1. The summed E-state index contributed by atoms with van der Waals surface area (Å²) in [5.41, 5.74) is 0.597. The van der Waals surface area contributed by atoms with Crippen molar-refractivity contribution < 1.29 is 9.53 Å². The second kappa shape index (κ2) is 6.23. The Hall–Kier alpha value is -1.30. The highest BCUT2D eigenvalue weighted by Crippen LogP contribution is 2.27. The molecule has 6 heteroatoms. The van der Waals surface area contributed by atoms with E-state index in [1.165, 1.54) is 0 Å². The number of amides is 1. The van der Waals surface area contributed by atoms with Crippen molar-refractivity contribution in [3.63, 3.8) is 0 Å². The highest BCUT2D eigenvalue weighted by atomic mass is 35.5. The van der Waals surface area contributed by atoms with Crippen molar-refractivity contribution in [3.05, 3.63) is 23.2 Å². The fourth-order valence-electron chi connectivity index (χ4n) is 1.91. The van der Waals surface area contributed by atoms with Crippen LogP contribution in [0.2, 0.25) is 5.02 Å². The summed E-state index contributed by atoms with van der Waals surface area (Å²) >= 11 is 5.92. The standard InChI is InChI=1S/C13H18ClN3O2/c1-17(10-6-15-7-10)8-13(18)16-11-5-9(14)3-4-12(11)19-2/h3-5,10,15H,6-8H2,1-2H3,(H,16,18). The molecule has 1 aromatic rings. The van der Waals surface area contributed by atoms with Gasteiger partial charge in [0.25, 0.3) is 0 Å². The Morgan fingerprint density at radius 2 is 2.32 bits per heavy atom. The number of carbonyl (C=O) groups is 1. The first-order chi connectivity index (χ1) is 9.10. The molecule has 0 bridgehead atoms. The average Bonchev–Trinajstić information content (AvgIpc) is 2.26. The van der Waals surface area contributed by atoms with Gasteiger partial charge in [0.15, 0.2) is 0 Å². The van der Waals surface area contributed by atoms with Crippen molar-refractivity contribution >= 4 is 23.2 Å². The smallest absolute Gasteiger partial charge is 0.238 e. The van der Waals surface area contributed by atoms with Crippen molar-refractivity contribution in [2.24, 2.45) is 0 Å². The summed E-state index contributed by atoms with van der Waals surface area (Å²) in [6.45, 7) is 2.22. The topological polar surface area (TPSA) is 53.6 Å². The maximum Gasteiger partial charge on any atom is 0.238 e. The normalized spacial score (nSPS) is 15.2. The van der Waals surface area contributed by atoms with Gasteiger partial charge in [0, 0.05) is 24.2 Å². The molecule has 0 radical (unpaired) electrons. The minimum absolute atomic E-state index is 0.0741. The van der Waals surface area contributed by atoms with E-state index in [4.69, 9.17) is 16.3 Å². The molecule has 0 unspecified atom stereocenters. The van der Waals surface area contributed by atoms with E-state index in [9.17, 15) is 4.79 Å².